The second-order valence-corrected chi connectivity index (χ2v) is 10.8. The molecule has 4 unspecified atom stereocenters. The topological polar surface area (TPSA) is 41.5 Å². The number of aryl methyl sites for hydroxylation is 1. The zero-order chi connectivity index (χ0) is 22.6. The fourth-order valence-corrected chi connectivity index (χ4v) is 7.76. The number of hydrogen-bond donors (Lipinski definition) is 2. The summed E-state index contributed by atoms with van der Waals surface area (Å²) < 4.78 is 5.49. The van der Waals surface area contributed by atoms with Crippen molar-refractivity contribution in [1.29, 1.82) is 0 Å². The highest BCUT2D eigenvalue weighted by Gasteiger charge is 2.54. The van der Waals surface area contributed by atoms with E-state index in [9.17, 15) is 5.11 Å². The monoisotopic (exact) mass is 441 g/mol. The predicted octanol–water partition coefficient (Wildman–Crippen LogP) is 6.57. The van der Waals surface area contributed by atoms with Crippen LogP contribution in [0.3, 0.4) is 0 Å². The number of hydrogen-bond acceptors (Lipinski definition) is 3. The molecule has 3 aliphatic rings. The zero-order valence-electron chi connectivity index (χ0n) is 19.8. The summed E-state index contributed by atoms with van der Waals surface area (Å²) >= 11 is 0. The summed E-state index contributed by atoms with van der Waals surface area (Å²) in [4.78, 5) is 0. The third-order valence-corrected chi connectivity index (χ3v) is 9.47. The van der Waals surface area contributed by atoms with Gasteiger partial charge in [-0.25, -0.2) is 0 Å². The van der Waals surface area contributed by atoms with Gasteiger partial charge in [0.25, 0.3) is 0 Å². The summed E-state index contributed by atoms with van der Waals surface area (Å²) in [6.07, 6.45) is 7.62. The van der Waals surface area contributed by atoms with Crippen LogP contribution in [0.2, 0.25) is 0 Å². The maximum Gasteiger partial charge on any atom is 0.120 e. The van der Waals surface area contributed by atoms with Crippen molar-refractivity contribution in [1.82, 2.24) is 5.32 Å². The van der Waals surface area contributed by atoms with Crippen LogP contribution in [0.25, 0.3) is 10.8 Å². The number of rotatable bonds is 4. The fraction of sp³-hybridized carbons (Fsp3) is 0.467. The van der Waals surface area contributed by atoms with E-state index >= 15 is 0 Å². The van der Waals surface area contributed by atoms with Crippen LogP contribution in [0, 0.1) is 17.3 Å². The predicted molar refractivity (Wildman–Crippen MR) is 134 cm³/mol. The number of methoxy groups -OCH3 is 1. The maximum atomic E-state index is 10.6. The molecule has 3 nitrogen and oxygen atoms in total. The second kappa shape index (κ2) is 8.06. The molecule has 0 heterocycles. The minimum atomic E-state index is 0.339. The zero-order valence-corrected chi connectivity index (χ0v) is 19.8. The second-order valence-electron chi connectivity index (χ2n) is 10.8. The molecule has 0 amide bonds. The summed E-state index contributed by atoms with van der Waals surface area (Å²) in [6.45, 7) is 3.28. The molecule has 3 aliphatic carbocycles. The first-order valence-electron chi connectivity index (χ1n) is 12.7. The van der Waals surface area contributed by atoms with Crippen molar-refractivity contribution >= 4 is 10.8 Å². The summed E-state index contributed by atoms with van der Waals surface area (Å²) in [5.41, 5.74) is 4.48. The number of phenols is 1. The van der Waals surface area contributed by atoms with E-state index in [2.05, 4.69) is 54.7 Å². The van der Waals surface area contributed by atoms with Crippen molar-refractivity contribution < 1.29 is 9.84 Å². The van der Waals surface area contributed by atoms with Gasteiger partial charge in [-0.3, -0.25) is 0 Å². The molecule has 0 aromatic heterocycles. The van der Waals surface area contributed by atoms with Crippen molar-refractivity contribution in [2.45, 2.75) is 64.0 Å². The standard InChI is InChI=1S/C30H35NO2/c1-30-16-15-24-23-11-9-21(33-2)17-20(23)7-10-25(24)27(30)12-14-29(30)31-18-26-22-6-4-3-5-19(22)8-13-28(26)32/h3-6,8-9,11,13,17,24-25,27,29,31-32H,7,10,12,14-16,18H2,1-2H3/t24?,25?,27?,29?,30-/m0/s1. The number of benzene rings is 3. The first kappa shape index (κ1) is 21.0. The third kappa shape index (κ3) is 3.35. The molecule has 2 saturated carbocycles. The van der Waals surface area contributed by atoms with Crippen molar-refractivity contribution in [3.8, 4) is 11.5 Å². The molecule has 5 atom stereocenters. The van der Waals surface area contributed by atoms with Crippen molar-refractivity contribution in [3.05, 3.63) is 71.3 Å². The maximum absolute atomic E-state index is 10.6. The molecule has 0 aliphatic heterocycles. The molecule has 0 radical (unpaired) electrons. The van der Waals surface area contributed by atoms with E-state index in [0.717, 1.165) is 35.1 Å². The average molecular weight is 442 g/mol. The van der Waals surface area contributed by atoms with Gasteiger partial charge < -0.3 is 15.2 Å². The van der Waals surface area contributed by atoms with E-state index < -0.39 is 0 Å². The van der Waals surface area contributed by atoms with Crippen LogP contribution in [-0.2, 0) is 13.0 Å². The minimum absolute atomic E-state index is 0.339. The van der Waals surface area contributed by atoms with Crippen LogP contribution < -0.4 is 10.1 Å². The highest BCUT2D eigenvalue weighted by atomic mass is 16.5. The Morgan fingerprint density at radius 1 is 1.03 bits per heavy atom. The Balaban J connectivity index is 1.22. The highest BCUT2D eigenvalue weighted by molar-refractivity contribution is 5.87. The lowest BCUT2D eigenvalue weighted by atomic mass is 9.55. The van der Waals surface area contributed by atoms with E-state index in [1.165, 1.54) is 49.5 Å². The van der Waals surface area contributed by atoms with Crippen LogP contribution in [0.5, 0.6) is 11.5 Å². The molecule has 2 N–H and O–H groups in total. The molecular weight excluding hydrogens is 406 g/mol. The average Bonchev–Trinajstić information content (AvgIpc) is 3.19. The van der Waals surface area contributed by atoms with Gasteiger partial charge in [0.15, 0.2) is 0 Å². The van der Waals surface area contributed by atoms with E-state index in [4.69, 9.17) is 4.74 Å². The van der Waals surface area contributed by atoms with Gasteiger partial charge in [-0.1, -0.05) is 43.3 Å². The van der Waals surface area contributed by atoms with Crippen LogP contribution >= 0.6 is 0 Å². The lowest BCUT2D eigenvalue weighted by Crippen LogP contribution is -2.48. The van der Waals surface area contributed by atoms with Crippen LogP contribution in [0.4, 0.5) is 0 Å². The largest absolute Gasteiger partial charge is 0.508 e. The molecular formula is C30H35NO2. The normalized spacial score (nSPS) is 30.5. The van der Waals surface area contributed by atoms with E-state index in [-0.39, 0.29) is 0 Å². The van der Waals surface area contributed by atoms with Gasteiger partial charge >= 0.3 is 0 Å². The van der Waals surface area contributed by atoms with Crippen LogP contribution in [0.1, 0.15) is 61.6 Å². The third-order valence-electron chi connectivity index (χ3n) is 9.47. The quantitative estimate of drug-likeness (QED) is 0.481. The molecule has 2 fully saturated rings. The van der Waals surface area contributed by atoms with Gasteiger partial charge in [0.05, 0.1) is 7.11 Å². The Kier molecular flexibility index (Phi) is 5.14. The Bertz CT molecular complexity index is 1190. The molecule has 3 heteroatoms. The van der Waals surface area contributed by atoms with Crippen molar-refractivity contribution in [3.63, 3.8) is 0 Å². The molecule has 6 rings (SSSR count). The highest BCUT2D eigenvalue weighted by Crippen LogP contribution is 2.61. The lowest BCUT2D eigenvalue weighted by molar-refractivity contribution is 0.0408. The van der Waals surface area contributed by atoms with Crippen molar-refractivity contribution in [2.75, 3.05) is 7.11 Å². The summed E-state index contributed by atoms with van der Waals surface area (Å²) in [5.74, 6) is 3.68. The Morgan fingerprint density at radius 2 is 1.91 bits per heavy atom. The molecule has 0 bridgehead atoms. The van der Waals surface area contributed by atoms with E-state index in [0.29, 0.717) is 23.1 Å². The van der Waals surface area contributed by atoms with Crippen LogP contribution in [0.15, 0.2) is 54.6 Å². The smallest absolute Gasteiger partial charge is 0.120 e. The molecule has 3 aromatic carbocycles. The lowest BCUT2D eigenvalue weighted by Gasteiger charge is -2.51. The molecule has 3 aromatic rings. The van der Waals surface area contributed by atoms with Gasteiger partial charge in [0, 0.05) is 18.2 Å². The summed E-state index contributed by atoms with van der Waals surface area (Å²) in [5, 5.41) is 16.9. The van der Waals surface area contributed by atoms with Gasteiger partial charge in [0.1, 0.15) is 11.5 Å². The van der Waals surface area contributed by atoms with E-state index in [1.807, 2.05) is 12.1 Å². The van der Waals surface area contributed by atoms with Gasteiger partial charge in [-0.05, 0) is 102 Å². The molecule has 0 spiro atoms. The summed E-state index contributed by atoms with van der Waals surface area (Å²) in [7, 11) is 1.77. The number of ether oxygens (including phenoxy) is 1. The first-order chi connectivity index (χ1) is 16.1. The van der Waals surface area contributed by atoms with Crippen LogP contribution in [-0.4, -0.2) is 18.3 Å². The molecule has 172 valence electrons. The first-order valence-corrected chi connectivity index (χ1v) is 12.7. The SMILES string of the molecule is COc1ccc2c(c1)CCC1C2CC[C@]2(C)C(NCc3c(O)ccc4ccccc34)CCC12. The Morgan fingerprint density at radius 3 is 2.79 bits per heavy atom. The number of aromatic hydroxyl groups is 1. The van der Waals surface area contributed by atoms with Gasteiger partial charge in [0.2, 0.25) is 0 Å². The summed E-state index contributed by atoms with van der Waals surface area (Å²) in [6, 6.07) is 19.5. The van der Waals surface area contributed by atoms with Crippen molar-refractivity contribution in [2.24, 2.45) is 17.3 Å². The number of phenolic OH excluding ortho intramolecular Hbond substituents is 1. The van der Waals surface area contributed by atoms with Gasteiger partial charge in [-0.2, -0.15) is 0 Å². The minimum Gasteiger partial charge on any atom is -0.508 e. The number of fused-ring (bicyclic) bond motifs is 6. The fourth-order valence-electron chi connectivity index (χ4n) is 7.76. The van der Waals surface area contributed by atoms with Gasteiger partial charge in [-0.15, -0.1) is 0 Å². The Hall–Kier alpha value is -2.52. The Labute approximate surface area is 197 Å². The van der Waals surface area contributed by atoms with E-state index in [1.54, 1.807) is 12.7 Å². The molecule has 0 saturated heterocycles. The number of nitrogens with one attached hydrogen (secondary N) is 1. The molecule has 33 heavy (non-hydrogen) atoms.